The second kappa shape index (κ2) is 5.68. The van der Waals surface area contributed by atoms with Crippen molar-refractivity contribution >= 4 is 11.7 Å². The van der Waals surface area contributed by atoms with Crippen LogP contribution in [0.4, 0.5) is 5.69 Å². The molecule has 1 atom stereocenters. The molecule has 1 aromatic carbocycles. The van der Waals surface area contributed by atoms with Crippen LogP contribution in [0.3, 0.4) is 0 Å². The number of para-hydroxylation sites is 1. The highest BCUT2D eigenvalue weighted by molar-refractivity contribution is 5.81. The second-order valence-corrected chi connectivity index (χ2v) is 4.33. The Hall–Kier alpha value is -1.55. The van der Waals surface area contributed by atoms with Crippen LogP contribution < -0.4 is 10.6 Å². The van der Waals surface area contributed by atoms with Gasteiger partial charge < -0.3 is 15.4 Å². The molecule has 0 aliphatic carbocycles. The molecule has 0 amide bonds. The molecule has 0 saturated carbocycles. The van der Waals surface area contributed by atoms with Gasteiger partial charge in [-0.2, -0.15) is 0 Å². The van der Waals surface area contributed by atoms with Crippen LogP contribution in [-0.2, 0) is 9.53 Å². The lowest BCUT2D eigenvalue weighted by atomic mass is 10.0. The van der Waals surface area contributed by atoms with Crippen molar-refractivity contribution in [2.24, 2.45) is 5.73 Å². The van der Waals surface area contributed by atoms with Gasteiger partial charge in [0.05, 0.1) is 6.61 Å². The third-order valence-electron chi connectivity index (χ3n) is 2.50. The molecule has 4 nitrogen and oxygen atoms in total. The summed E-state index contributed by atoms with van der Waals surface area (Å²) in [6.07, 6.45) is 0. The van der Waals surface area contributed by atoms with Crippen molar-refractivity contribution in [1.82, 2.24) is 0 Å². The van der Waals surface area contributed by atoms with Crippen molar-refractivity contribution in [2.75, 3.05) is 25.1 Å². The van der Waals surface area contributed by atoms with E-state index < -0.39 is 5.54 Å². The zero-order valence-corrected chi connectivity index (χ0v) is 10.6. The van der Waals surface area contributed by atoms with E-state index in [1.807, 2.05) is 42.3 Å². The fourth-order valence-electron chi connectivity index (χ4n) is 1.63. The summed E-state index contributed by atoms with van der Waals surface area (Å²) in [5, 5.41) is 0. The Bertz CT molecular complexity index is 363. The molecule has 0 fully saturated rings. The molecule has 1 unspecified atom stereocenters. The molecule has 1 aromatic rings. The summed E-state index contributed by atoms with van der Waals surface area (Å²) in [5.74, 6) is -0.372. The van der Waals surface area contributed by atoms with Gasteiger partial charge >= 0.3 is 5.97 Å². The van der Waals surface area contributed by atoms with Crippen LogP contribution in [0.5, 0.6) is 0 Å². The van der Waals surface area contributed by atoms with E-state index in [1.54, 1.807) is 13.8 Å². The summed E-state index contributed by atoms with van der Waals surface area (Å²) in [6.45, 7) is 4.22. The first-order chi connectivity index (χ1) is 7.97. The van der Waals surface area contributed by atoms with Gasteiger partial charge in [0.25, 0.3) is 0 Å². The van der Waals surface area contributed by atoms with E-state index in [2.05, 4.69) is 0 Å². The lowest BCUT2D eigenvalue weighted by Crippen LogP contribution is -2.54. The molecule has 0 heterocycles. The Morgan fingerprint density at radius 3 is 2.53 bits per heavy atom. The molecule has 2 N–H and O–H groups in total. The summed E-state index contributed by atoms with van der Waals surface area (Å²) in [6, 6.07) is 9.79. The summed E-state index contributed by atoms with van der Waals surface area (Å²) < 4.78 is 4.95. The Morgan fingerprint density at radius 1 is 1.41 bits per heavy atom. The third kappa shape index (κ3) is 3.75. The number of anilines is 1. The average Bonchev–Trinajstić information content (AvgIpc) is 2.30. The van der Waals surface area contributed by atoms with Crippen molar-refractivity contribution in [2.45, 2.75) is 19.4 Å². The van der Waals surface area contributed by atoms with E-state index >= 15 is 0 Å². The fourth-order valence-corrected chi connectivity index (χ4v) is 1.63. The highest BCUT2D eigenvalue weighted by Gasteiger charge is 2.31. The summed E-state index contributed by atoms with van der Waals surface area (Å²) in [5.41, 5.74) is 5.99. The van der Waals surface area contributed by atoms with Crippen molar-refractivity contribution in [3.63, 3.8) is 0 Å². The summed E-state index contributed by atoms with van der Waals surface area (Å²) in [7, 11) is 1.90. The molecule has 1 rings (SSSR count). The van der Waals surface area contributed by atoms with Crippen LogP contribution in [0.1, 0.15) is 13.8 Å². The minimum absolute atomic E-state index is 0.348. The number of carbonyl (C=O) groups excluding carboxylic acids is 1. The standard InChI is InChI=1S/C13H20N2O2/c1-4-17-12(16)13(2,14)10-15(3)11-8-6-5-7-9-11/h5-9H,4,10,14H2,1-3H3. The predicted molar refractivity (Wildman–Crippen MR) is 68.9 cm³/mol. The average molecular weight is 236 g/mol. The van der Waals surface area contributed by atoms with Crippen LogP contribution in [0, 0.1) is 0 Å². The van der Waals surface area contributed by atoms with Crippen molar-refractivity contribution in [1.29, 1.82) is 0 Å². The van der Waals surface area contributed by atoms with E-state index in [4.69, 9.17) is 10.5 Å². The maximum atomic E-state index is 11.7. The van der Waals surface area contributed by atoms with Gasteiger partial charge in [0.1, 0.15) is 5.54 Å². The fraction of sp³-hybridized carbons (Fsp3) is 0.462. The van der Waals surface area contributed by atoms with E-state index in [0.717, 1.165) is 5.69 Å². The van der Waals surface area contributed by atoms with Gasteiger partial charge in [0.2, 0.25) is 0 Å². The van der Waals surface area contributed by atoms with Crippen molar-refractivity contribution in [3.8, 4) is 0 Å². The number of nitrogens with two attached hydrogens (primary N) is 1. The Balaban J connectivity index is 2.67. The summed E-state index contributed by atoms with van der Waals surface area (Å²) >= 11 is 0. The number of carbonyl (C=O) groups is 1. The molecule has 0 radical (unpaired) electrons. The van der Waals surface area contributed by atoms with E-state index in [1.165, 1.54) is 0 Å². The number of esters is 1. The van der Waals surface area contributed by atoms with E-state index in [-0.39, 0.29) is 5.97 Å². The Kier molecular flexibility index (Phi) is 4.52. The minimum atomic E-state index is -0.999. The van der Waals surface area contributed by atoms with Crippen molar-refractivity contribution < 1.29 is 9.53 Å². The first-order valence-electron chi connectivity index (χ1n) is 5.69. The second-order valence-electron chi connectivity index (χ2n) is 4.33. The Labute approximate surface area is 102 Å². The molecule has 17 heavy (non-hydrogen) atoms. The van der Waals surface area contributed by atoms with Gasteiger partial charge in [-0.25, -0.2) is 4.79 Å². The van der Waals surface area contributed by atoms with Crippen LogP contribution in [-0.4, -0.2) is 31.7 Å². The Morgan fingerprint density at radius 2 is 2.00 bits per heavy atom. The molecule has 0 aliphatic heterocycles. The summed E-state index contributed by atoms with van der Waals surface area (Å²) in [4.78, 5) is 13.6. The molecule has 94 valence electrons. The van der Waals surface area contributed by atoms with Crippen LogP contribution in [0.25, 0.3) is 0 Å². The quantitative estimate of drug-likeness (QED) is 0.785. The lowest BCUT2D eigenvalue weighted by molar-refractivity contribution is -0.148. The maximum absolute atomic E-state index is 11.7. The monoisotopic (exact) mass is 236 g/mol. The zero-order valence-electron chi connectivity index (χ0n) is 10.6. The van der Waals surface area contributed by atoms with Gasteiger partial charge in [-0.15, -0.1) is 0 Å². The molecule has 0 aromatic heterocycles. The number of nitrogens with zero attached hydrogens (tertiary/aromatic N) is 1. The lowest BCUT2D eigenvalue weighted by Gasteiger charge is -2.29. The van der Waals surface area contributed by atoms with Gasteiger partial charge in [0.15, 0.2) is 0 Å². The number of ether oxygens (including phenoxy) is 1. The molecule has 4 heteroatoms. The van der Waals surface area contributed by atoms with E-state index in [0.29, 0.717) is 13.2 Å². The zero-order chi connectivity index (χ0) is 12.9. The molecule has 0 aliphatic rings. The number of likely N-dealkylation sites (N-methyl/N-ethyl adjacent to an activating group) is 1. The number of hydrogen-bond donors (Lipinski definition) is 1. The third-order valence-corrected chi connectivity index (χ3v) is 2.50. The highest BCUT2D eigenvalue weighted by Crippen LogP contribution is 2.14. The SMILES string of the molecule is CCOC(=O)C(C)(N)CN(C)c1ccccc1. The maximum Gasteiger partial charge on any atom is 0.327 e. The smallest absolute Gasteiger partial charge is 0.327 e. The first-order valence-corrected chi connectivity index (χ1v) is 5.69. The van der Waals surface area contributed by atoms with Crippen LogP contribution in [0.2, 0.25) is 0 Å². The molecule has 0 saturated heterocycles. The number of rotatable bonds is 5. The van der Waals surface area contributed by atoms with Crippen LogP contribution >= 0.6 is 0 Å². The van der Waals surface area contributed by atoms with Gasteiger partial charge in [-0.1, -0.05) is 18.2 Å². The van der Waals surface area contributed by atoms with Crippen LogP contribution in [0.15, 0.2) is 30.3 Å². The van der Waals surface area contributed by atoms with Gasteiger partial charge in [0, 0.05) is 19.3 Å². The van der Waals surface area contributed by atoms with Crippen molar-refractivity contribution in [3.05, 3.63) is 30.3 Å². The molecular weight excluding hydrogens is 216 g/mol. The normalized spacial score (nSPS) is 13.9. The van der Waals surface area contributed by atoms with Gasteiger partial charge in [-0.3, -0.25) is 0 Å². The molecular formula is C13H20N2O2. The highest BCUT2D eigenvalue weighted by atomic mass is 16.5. The van der Waals surface area contributed by atoms with Gasteiger partial charge in [-0.05, 0) is 26.0 Å². The number of hydrogen-bond acceptors (Lipinski definition) is 4. The number of benzene rings is 1. The topological polar surface area (TPSA) is 55.6 Å². The largest absolute Gasteiger partial charge is 0.465 e. The first kappa shape index (κ1) is 13.5. The molecule has 0 spiro atoms. The molecule has 0 bridgehead atoms. The predicted octanol–water partition coefficient (Wildman–Crippen LogP) is 1.40. The van der Waals surface area contributed by atoms with E-state index in [9.17, 15) is 4.79 Å². The minimum Gasteiger partial charge on any atom is -0.465 e.